The van der Waals surface area contributed by atoms with Crippen LogP contribution in [-0.4, -0.2) is 36.6 Å². The Morgan fingerprint density at radius 1 is 1.62 bits per heavy atom. The molecule has 0 aliphatic heterocycles. The van der Waals surface area contributed by atoms with Crippen molar-refractivity contribution >= 4 is 17.7 Å². The molecule has 0 saturated heterocycles. The predicted molar refractivity (Wildman–Crippen MR) is 56.7 cm³/mol. The highest BCUT2D eigenvalue weighted by Crippen LogP contribution is 2.11. The second kappa shape index (κ2) is 5.84. The van der Waals surface area contributed by atoms with Gasteiger partial charge in [-0.25, -0.2) is 9.37 Å². The normalized spacial score (nSPS) is 9.69. The number of hydrogen-bond acceptors (Lipinski definition) is 6. The van der Waals surface area contributed by atoms with E-state index in [1.807, 2.05) is 0 Å². The Labute approximate surface area is 92.2 Å². The van der Waals surface area contributed by atoms with Gasteiger partial charge in [-0.15, -0.1) is 0 Å². The highest BCUT2D eigenvalue weighted by atomic mass is 19.1. The molecule has 1 rings (SSSR count). The van der Waals surface area contributed by atoms with Crippen molar-refractivity contribution in [2.45, 2.75) is 6.42 Å². The van der Waals surface area contributed by atoms with Gasteiger partial charge < -0.3 is 15.4 Å². The number of methoxy groups -OCH3 is 1. The number of rotatable bonds is 5. The molecule has 0 saturated carbocycles. The molecule has 0 bridgehead atoms. The Balaban J connectivity index is 2.55. The standard InChI is InChI=1S/C9H13FN4O2/c1-11-9-13-5-6(10)8(14-9)12-4-3-7(15)16-2/h5H,3-4H2,1-2H3,(H2,11,12,13,14). The summed E-state index contributed by atoms with van der Waals surface area (Å²) >= 11 is 0. The number of esters is 1. The van der Waals surface area contributed by atoms with Gasteiger partial charge in [-0.05, 0) is 0 Å². The molecule has 0 aliphatic rings. The number of hydrogen-bond donors (Lipinski definition) is 2. The van der Waals surface area contributed by atoms with E-state index in [9.17, 15) is 9.18 Å². The molecule has 0 fully saturated rings. The fraction of sp³-hybridized carbons (Fsp3) is 0.444. The Hall–Kier alpha value is -1.92. The van der Waals surface area contributed by atoms with E-state index in [2.05, 4.69) is 25.3 Å². The van der Waals surface area contributed by atoms with Crippen LogP contribution < -0.4 is 10.6 Å². The molecule has 0 radical (unpaired) electrons. The van der Waals surface area contributed by atoms with Gasteiger partial charge in [-0.1, -0.05) is 0 Å². The fourth-order valence-corrected chi connectivity index (χ4v) is 0.997. The zero-order valence-electron chi connectivity index (χ0n) is 9.08. The van der Waals surface area contributed by atoms with Crippen LogP contribution in [0.5, 0.6) is 0 Å². The Morgan fingerprint density at radius 3 is 3.00 bits per heavy atom. The number of carbonyl (C=O) groups is 1. The van der Waals surface area contributed by atoms with Gasteiger partial charge in [0.1, 0.15) is 0 Å². The van der Waals surface area contributed by atoms with Crippen molar-refractivity contribution in [1.82, 2.24) is 9.97 Å². The predicted octanol–water partition coefficient (Wildman–Crippen LogP) is 0.632. The van der Waals surface area contributed by atoms with Gasteiger partial charge >= 0.3 is 5.97 Å². The molecule has 0 aromatic carbocycles. The van der Waals surface area contributed by atoms with Crippen LogP contribution in [0.15, 0.2) is 6.20 Å². The zero-order chi connectivity index (χ0) is 12.0. The summed E-state index contributed by atoms with van der Waals surface area (Å²) in [5.74, 6) is -0.565. The van der Waals surface area contributed by atoms with E-state index < -0.39 is 5.82 Å². The third kappa shape index (κ3) is 3.34. The van der Waals surface area contributed by atoms with Gasteiger partial charge in [-0.3, -0.25) is 4.79 Å². The summed E-state index contributed by atoms with van der Waals surface area (Å²) in [7, 11) is 2.93. The number of halogens is 1. The summed E-state index contributed by atoms with van der Waals surface area (Å²) in [6.07, 6.45) is 1.20. The van der Waals surface area contributed by atoms with Crippen molar-refractivity contribution < 1.29 is 13.9 Å². The topological polar surface area (TPSA) is 76.1 Å². The molecule has 1 heterocycles. The molecule has 1 aromatic rings. The molecule has 1 aromatic heterocycles. The second-order valence-corrected chi connectivity index (χ2v) is 2.89. The highest BCUT2D eigenvalue weighted by Gasteiger charge is 2.06. The van der Waals surface area contributed by atoms with E-state index in [4.69, 9.17) is 0 Å². The largest absolute Gasteiger partial charge is 0.469 e. The average Bonchev–Trinajstić information content (AvgIpc) is 2.31. The monoisotopic (exact) mass is 228 g/mol. The van der Waals surface area contributed by atoms with Crippen LogP contribution in [0, 0.1) is 5.82 Å². The van der Waals surface area contributed by atoms with E-state index in [0.717, 1.165) is 6.20 Å². The van der Waals surface area contributed by atoms with E-state index in [1.54, 1.807) is 7.05 Å². The van der Waals surface area contributed by atoms with Crippen LogP contribution >= 0.6 is 0 Å². The third-order valence-corrected chi connectivity index (χ3v) is 1.82. The van der Waals surface area contributed by atoms with E-state index in [1.165, 1.54) is 7.11 Å². The van der Waals surface area contributed by atoms with Gasteiger partial charge in [0.25, 0.3) is 0 Å². The van der Waals surface area contributed by atoms with Gasteiger partial charge in [0.2, 0.25) is 5.95 Å². The molecule has 0 amide bonds. The smallest absolute Gasteiger partial charge is 0.307 e. The first-order chi connectivity index (χ1) is 7.67. The molecule has 6 nitrogen and oxygen atoms in total. The van der Waals surface area contributed by atoms with Gasteiger partial charge in [0.15, 0.2) is 11.6 Å². The summed E-state index contributed by atoms with van der Waals surface area (Å²) in [6.45, 7) is 0.254. The summed E-state index contributed by atoms with van der Waals surface area (Å²) < 4.78 is 17.6. The number of aromatic nitrogens is 2. The molecule has 7 heteroatoms. The van der Waals surface area contributed by atoms with E-state index in [0.29, 0.717) is 5.95 Å². The minimum atomic E-state index is -0.566. The molecule has 0 unspecified atom stereocenters. The van der Waals surface area contributed by atoms with Crippen LogP contribution in [0.25, 0.3) is 0 Å². The summed E-state index contributed by atoms with van der Waals surface area (Å²) in [5.41, 5.74) is 0. The van der Waals surface area contributed by atoms with Crippen molar-refractivity contribution in [3.8, 4) is 0 Å². The number of nitrogens with zero attached hydrogens (tertiary/aromatic N) is 2. The molecule has 0 aliphatic carbocycles. The lowest BCUT2D eigenvalue weighted by Gasteiger charge is -2.06. The zero-order valence-corrected chi connectivity index (χ0v) is 9.08. The number of anilines is 2. The molecular weight excluding hydrogens is 215 g/mol. The first kappa shape index (κ1) is 12.2. The lowest BCUT2D eigenvalue weighted by Crippen LogP contribution is -2.12. The van der Waals surface area contributed by atoms with E-state index >= 15 is 0 Å². The third-order valence-electron chi connectivity index (χ3n) is 1.82. The fourth-order valence-electron chi connectivity index (χ4n) is 0.997. The summed E-state index contributed by atoms with van der Waals surface area (Å²) in [6, 6.07) is 0. The number of ether oxygens (including phenoxy) is 1. The quantitative estimate of drug-likeness (QED) is 0.720. The lowest BCUT2D eigenvalue weighted by molar-refractivity contribution is -0.140. The van der Waals surface area contributed by atoms with Crippen LogP contribution in [0.1, 0.15) is 6.42 Å². The number of nitrogens with one attached hydrogen (secondary N) is 2. The first-order valence-electron chi connectivity index (χ1n) is 4.68. The van der Waals surface area contributed by atoms with Crippen LogP contribution in [0.3, 0.4) is 0 Å². The van der Waals surface area contributed by atoms with Crippen molar-refractivity contribution in [2.75, 3.05) is 31.3 Å². The highest BCUT2D eigenvalue weighted by molar-refractivity contribution is 5.69. The second-order valence-electron chi connectivity index (χ2n) is 2.89. The molecular formula is C9H13FN4O2. The molecule has 0 atom stereocenters. The SMILES string of the molecule is CNc1ncc(F)c(NCCC(=O)OC)n1. The minimum absolute atomic E-state index is 0.0586. The molecule has 88 valence electrons. The summed E-state index contributed by atoms with van der Waals surface area (Å²) in [4.78, 5) is 18.3. The molecule has 16 heavy (non-hydrogen) atoms. The van der Waals surface area contributed by atoms with Crippen LogP contribution in [0.2, 0.25) is 0 Å². The van der Waals surface area contributed by atoms with Crippen molar-refractivity contribution in [2.24, 2.45) is 0 Å². The van der Waals surface area contributed by atoms with Crippen LogP contribution in [0.4, 0.5) is 16.2 Å². The van der Waals surface area contributed by atoms with Crippen LogP contribution in [-0.2, 0) is 9.53 Å². The molecule has 2 N–H and O–H groups in total. The van der Waals surface area contributed by atoms with Crippen molar-refractivity contribution in [3.05, 3.63) is 12.0 Å². The maximum atomic E-state index is 13.2. The van der Waals surface area contributed by atoms with Crippen molar-refractivity contribution in [3.63, 3.8) is 0 Å². The average molecular weight is 228 g/mol. The van der Waals surface area contributed by atoms with Gasteiger partial charge in [0, 0.05) is 13.6 Å². The van der Waals surface area contributed by atoms with E-state index in [-0.39, 0.29) is 24.8 Å². The van der Waals surface area contributed by atoms with Gasteiger partial charge in [-0.2, -0.15) is 4.98 Å². The van der Waals surface area contributed by atoms with Gasteiger partial charge in [0.05, 0.1) is 19.7 Å². The maximum Gasteiger partial charge on any atom is 0.307 e. The Bertz CT molecular complexity index is 373. The minimum Gasteiger partial charge on any atom is -0.469 e. The Morgan fingerprint density at radius 2 is 2.38 bits per heavy atom. The first-order valence-corrected chi connectivity index (χ1v) is 4.68. The summed E-state index contributed by atoms with van der Waals surface area (Å²) in [5, 5.41) is 5.37. The lowest BCUT2D eigenvalue weighted by atomic mass is 10.4. The molecule has 0 spiro atoms. The van der Waals surface area contributed by atoms with Crippen molar-refractivity contribution in [1.29, 1.82) is 0 Å². The maximum absolute atomic E-state index is 13.2. The Kier molecular flexibility index (Phi) is 4.43. The number of carbonyl (C=O) groups excluding carboxylic acids is 1.